The molecule has 4 heterocycles. The lowest BCUT2D eigenvalue weighted by atomic mass is 9.98. The molecule has 0 atom stereocenters. The van der Waals surface area contributed by atoms with Crippen LogP contribution in [0.1, 0.15) is 0 Å². The van der Waals surface area contributed by atoms with E-state index in [-0.39, 0.29) is 0 Å². The third kappa shape index (κ3) is 4.02. The van der Waals surface area contributed by atoms with Crippen molar-refractivity contribution in [2.24, 2.45) is 0 Å². The molecule has 0 fully saturated rings. The van der Waals surface area contributed by atoms with Gasteiger partial charge in [0.25, 0.3) is 0 Å². The topological polar surface area (TPSA) is 80.3 Å². The van der Waals surface area contributed by atoms with Crippen LogP contribution in [-0.2, 0) is 0 Å². The quantitative estimate of drug-likeness (QED) is 0.177. The lowest BCUT2D eigenvalue weighted by Gasteiger charge is -2.39. The number of hydrogen-bond acceptors (Lipinski definition) is 10. The van der Waals surface area contributed by atoms with E-state index in [9.17, 15) is 0 Å². The number of rotatable bonds is 5. The molecule has 0 N–H and O–H groups in total. The van der Waals surface area contributed by atoms with Gasteiger partial charge in [0.15, 0.2) is 46.0 Å². The van der Waals surface area contributed by atoms with Crippen LogP contribution in [0, 0.1) is 0 Å². The first-order valence-corrected chi connectivity index (χ1v) is 15.9. The van der Waals surface area contributed by atoms with E-state index in [1.54, 1.807) is 28.4 Å². The number of nitrogens with zero attached hydrogens (tertiary/aromatic N) is 2. The molecule has 6 aromatic rings. The summed E-state index contributed by atoms with van der Waals surface area (Å²) in [5.41, 5.74) is 6.57. The fourth-order valence-corrected chi connectivity index (χ4v) is 7.01. The van der Waals surface area contributed by atoms with Gasteiger partial charge >= 0.3 is 0 Å². The monoisotopic (exact) mass is 664 g/mol. The smallest absolute Gasteiger partial charge is 0.156 e. The second-order valence-electron chi connectivity index (χ2n) is 12.1. The summed E-state index contributed by atoms with van der Waals surface area (Å²) in [5, 5.41) is 0. The molecule has 0 aromatic heterocycles. The summed E-state index contributed by atoms with van der Waals surface area (Å²) < 4.78 is 48.7. The summed E-state index contributed by atoms with van der Waals surface area (Å²) >= 11 is 0. The van der Waals surface area contributed by atoms with Crippen LogP contribution in [0.3, 0.4) is 0 Å². The minimum atomic E-state index is 0.633. The van der Waals surface area contributed by atoms with Gasteiger partial charge in [0.1, 0.15) is 34.4 Å². The minimum absolute atomic E-state index is 0.633. The molecule has 50 heavy (non-hydrogen) atoms. The lowest BCUT2D eigenvalue weighted by molar-refractivity contribution is 0.409. The zero-order chi connectivity index (χ0) is 33.7. The molecule has 0 amide bonds. The number of methoxy groups -OCH3 is 4. The van der Waals surface area contributed by atoms with E-state index in [0.717, 1.165) is 45.3 Å². The molecule has 4 aliphatic heterocycles. The number of fused-ring (bicyclic) bond motifs is 8. The highest BCUT2D eigenvalue weighted by atomic mass is 16.5. The largest absolute Gasteiger partial charge is 0.497 e. The summed E-state index contributed by atoms with van der Waals surface area (Å²) in [6.45, 7) is 0. The highest BCUT2D eigenvalue weighted by Gasteiger charge is 2.38. The SMILES string of the molecule is COc1ccc2c(c1)N1c3cc(OC)ccc3Oc3cc(-c4cc5c6c(c4)Oc4ccc(OC)cc4N6c4cc(OC)ccc4O5)cc(c31)O2. The van der Waals surface area contributed by atoms with Gasteiger partial charge in [-0.15, -0.1) is 0 Å². The van der Waals surface area contributed by atoms with Gasteiger partial charge in [-0.2, -0.15) is 0 Å². The van der Waals surface area contributed by atoms with Crippen molar-refractivity contribution in [3.8, 4) is 80.1 Å². The maximum atomic E-state index is 6.59. The van der Waals surface area contributed by atoms with E-state index in [0.29, 0.717) is 69.0 Å². The van der Waals surface area contributed by atoms with Gasteiger partial charge in [-0.05, 0) is 83.9 Å². The Kier molecular flexibility index (Phi) is 5.90. The predicted molar refractivity (Wildman–Crippen MR) is 188 cm³/mol. The molecule has 0 saturated carbocycles. The first-order valence-electron chi connectivity index (χ1n) is 15.9. The lowest BCUT2D eigenvalue weighted by Crippen LogP contribution is -2.21. The first kappa shape index (κ1) is 28.3. The molecule has 0 bridgehead atoms. The Morgan fingerprint density at radius 3 is 0.840 bits per heavy atom. The third-order valence-electron chi connectivity index (χ3n) is 9.37. The van der Waals surface area contributed by atoms with Gasteiger partial charge in [-0.25, -0.2) is 0 Å². The standard InChI is InChI=1S/C40H28N2O8/c1-43-23-5-9-31-27(17-23)41-28-18-24(44-2)6-10-32(28)48-36-14-21(13-35(47-31)39(36)41)22-15-37-40-38(16-22)50-34-12-8-26(46-4)20-30(34)42(40)29-19-25(45-3)7-11-33(29)49-37/h5-20H,1-4H3. The van der Waals surface area contributed by atoms with Crippen molar-refractivity contribution in [2.75, 3.05) is 38.2 Å². The summed E-state index contributed by atoms with van der Waals surface area (Å²) in [5.74, 6) is 8.09. The molecule has 0 spiro atoms. The van der Waals surface area contributed by atoms with Crippen molar-refractivity contribution in [1.82, 2.24) is 0 Å². The van der Waals surface area contributed by atoms with Gasteiger partial charge in [0, 0.05) is 24.3 Å². The molecule has 4 aliphatic rings. The molecule has 10 nitrogen and oxygen atoms in total. The zero-order valence-electron chi connectivity index (χ0n) is 27.4. The van der Waals surface area contributed by atoms with Crippen LogP contribution in [0.2, 0.25) is 0 Å². The predicted octanol–water partition coefficient (Wildman–Crippen LogP) is 10.8. The average Bonchev–Trinajstić information content (AvgIpc) is 3.16. The molecular weight excluding hydrogens is 636 g/mol. The van der Waals surface area contributed by atoms with Crippen molar-refractivity contribution in [1.29, 1.82) is 0 Å². The average molecular weight is 665 g/mol. The van der Waals surface area contributed by atoms with E-state index in [1.807, 2.05) is 97.1 Å². The molecule has 246 valence electrons. The third-order valence-corrected chi connectivity index (χ3v) is 9.37. The minimum Gasteiger partial charge on any atom is -0.497 e. The van der Waals surface area contributed by atoms with Crippen LogP contribution in [0.15, 0.2) is 97.1 Å². The van der Waals surface area contributed by atoms with E-state index in [4.69, 9.17) is 37.9 Å². The number of benzene rings is 6. The molecule has 10 heteroatoms. The Balaban J connectivity index is 1.15. The number of ether oxygens (including phenoxy) is 8. The second-order valence-corrected chi connectivity index (χ2v) is 12.1. The van der Waals surface area contributed by atoms with Crippen LogP contribution in [0.25, 0.3) is 11.1 Å². The summed E-state index contributed by atoms with van der Waals surface area (Å²) in [6, 6.07) is 31.1. The van der Waals surface area contributed by atoms with Crippen LogP contribution >= 0.6 is 0 Å². The summed E-state index contributed by atoms with van der Waals surface area (Å²) in [6.07, 6.45) is 0. The van der Waals surface area contributed by atoms with Crippen molar-refractivity contribution >= 4 is 34.1 Å². The fourth-order valence-electron chi connectivity index (χ4n) is 7.01. The van der Waals surface area contributed by atoms with E-state index >= 15 is 0 Å². The van der Waals surface area contributed by atoms with E-state index in [1.165, 1.54) is 0 Å². The van der Waals surface area contributed by atoms with Crippen molar-refractivity contribution in [3.05, 3.63) is 97.1 Å². The maximum absolute atomic E-state index is 6.59. The number of hydrogen-bond donors (Lipinski definition) is 0. The number of anilines is 6. The van der Waals surface area contributed by atoms with Crippen molar-refractivity contribution in [3.63, 3.8) is 0 Å². The second kappa shape index (κ2) is 10.4. The Bertz CT molecular complexity index is 2100. The van der Waals surface area contributed by atoms with Crippen LogP contribution in [0.4, 0.5) is 34.1 Å². The van der Waals surface area contributed by atoms with E-state index in [2.05, 4.69) is 9.80 Å². The van der Waals surface area contributed by atoms with Gasteiger partial charge in [0.2, 0.25) is 0 Å². The summed E-state index contributed by atoms with van der Waals surface area (Å²) in [4.78, 5) is 4.27. The van der Waals surface area contributed by atoms with Crippen molar-refractivity contribution in [2.45, 2.75) is 0 Å². The molecule has 0 saturated heterocycles. The van der Waals surface area contributed by atoms with E-state index < -0.39 is 0 Å². The Hall–Kier alpha value is -6.68. The van der Waals surface area contributed by atoms with Crippen LogP contribution < -0.4 is 47.7 Å². The molecule has 0 aliphatic carbocycles. The van der Waals surface area contributed by atoms with Gasteiger partial charge in [-0.3, -0.25) is 9.80 Å². The Labute approximate surface area is 287 Å². The fraction of sp³-hybridized carbons (Fsp3) is 0.100. The zero-order valence-corrected chi connectivity index (χ0v) is 27.4. The molecule has 6 aromatic carbocycles. The molecule has 10 rings (SSSR count). The normalized spacial score (nSPS) is 13.4. The van der Waals surface area contributed by atoms with Gasteiger partial charge < -0.3 is 37.9 Å². The van der Waals surface area contributed by atoms with Crippen LogP contribution in [0.5, 0.6) is 69.0 Å². The van der Waals surface area contributed by atoms with Gasteiger partial charge in [0.05, 0.1) is 51.2 Å². The Morgan fingerprint density at radius 1 is 0.340 bits per heavy atom. The molecular formula is C40H28N2O8. The summed E-state index contributed by atoms with van der Waals surface area (Å²) in [7, 11) is 6.60. The highest BCUT2D eigenvalue weighted by molar-refractivity contribution is 5.98. The molecule has 0 radical (unpaired) electrons. The van der Waals surface area contributed by atoms with Crippen molar-refractivity contribution < 1.29 is 37.9 Å². The maximum Gasteiger partial charge on any atom is 0.156 e. The molecule has 0 unspecified atom stereocenters. The van der Waals surface area contributed by atoms with Crippen LogP contribution in [-0.4, -0.2) is 28.4 Å². The van der Waals surface area contributed by atoms with Gasteiger partial charge in [-0.1, -0.05) is 0 Å². The first-order chi connectivity index (χ1) is 24.5. The highest BCUT2D eigenvalue weighted by Crippen LogP contribution is 2.64. The Morgan fingerprint density at radius 2 is 0.600 bits per heavy atom.